The molecule has 0 radical (unpaired) electrons. The fraction of sp³-hybridized carbons (Fsp3) is 0. The molecule has 1 amide bonds. The lowest BCUT2D eigenvalue weighted by Gasteiger charge is -2.03. The zero-order chi connectivity index (χ0) is 15.0. The molecule has 0 unspecified atom stereocenters. The predicted molar refractivity (Wildman–Crippen MR) is 83.4 cm³/mol. The van der Waals surface area contributed by atoms with E-state index in [1.54, 1.807) is 18.2 Å². The van der Waals surface area contributed by atoms with Crippen molar-refractivity contribution >= 4 is 49.9 Å². The summed E-state index contributed by atoms with van der Waals surface area (Å²) >= 11 is 7.19. The number of nitrogens with one attached hydrogen (secondary N) is 1. The first-order chi connectivity index (χ1) is 10.0. The largest absolute Gasteiger partial charge is 0.399 e. The van der Waals surface area contributed by atoms with Crippen molar-refractivity contribution in [3.63, 3.8) is 0 Å². The number of nitrogen functional groups attached to an aromatic ring is 1. The number of fused-ring (bicyclic) bond motifs is 1. The average molecular weight is 322 g/mol. The standard InChI is InChI=1S/C14H9ClFN3OS/c15-8-1-2-11-12(5-8)21-14(18-11)19-13(20)7-3-9(16)6-10(17)4-7/h1-6H,17H2,(H,18,19,20). The van der Waals surface area contributed by atoms with Crippen LogP contribution in [0.25, 0.3) is 10.2 Å². The fourth-order valence-electron chi connectivity index (χ4n) is 1.86. The van der Waals surface area contributed by atoms with Gasteiger partial charge in [0.25, 0.3) is 5.91 Å². The van der Waals surface area contributed by atoms with Crippen LogP contribution >= 0.6 is 22.9 Å². The van der Waals surface area contributed by atoms with Crippen molar-refractivity contribution in [1.29, 1.82) is 0 Å². The molecule has 0 saturated heterocycles. The first kappa shape index (κ1) is 13.8. The maximum absolute atomic E-state index is 13.3. The Bertz CT molecular complexity index is 829. The fourth-order valence-corrected chi connectivity index (χ4v) is 3.00. The van der Waals surface area contributed by atoms with Crippen molar-refractivity contribution in [2.24, 2.45) is 0 Å². The first-order valence-electron chi connectivity index (χ1n) is 5.95. The van der Waals surface area contributed by atoms with Gasteiger partial charge in [-0.3, -0.25) is 10.1 Å². The van der Waals surface area contributed by atoms with Gasteiger partial charge < -0.3 is 5.73 Å². The van der Waals surface area contributed by atoms with Crippen LogP contribution in [0.15, 0.2) is 36.4 Å². The van der Waals surface area contributed by atoms with Gasteiger partial charge in [0.2, 0.25) is 0 Å². The minimum Gasteiger partial charge on any atom is -0.399 e. The Morgan fingerprint density at radius 1 is 1.29 bits per heavy atom. The van der Waals surface area contributed by atoms with E-state index in [-0.39, 0.29) is 11.3 Å². The number of hydrogen-bond acceptors (Lipinski definition) is 4. The van der Waals surface area contributed by atoms with E-state index in [0.717, 1.165) is 22.3 Å². The zero-order valence-electron chi connectivity index (χ0n) is 10.6. The summed E-state index contributed by atoms with van der Waals surface area (Å²) in [4.78, 5) is 16.3. The number of amides is 1. The molecule has 3 N–H and O–H groups in total. The van der Waals surface area contributed by atoms with Crippen molar-refractivity contribution in [2.45, 2.75) is 0 Å². The molecule has 1 heterocycles. The molecular weight excluding hydrogens is 313 g/mol. The molecule has 3 rings (SSSR count). The lowest BCUT2D eigenvalue weighted by atomic mass is 10.2. The van der Waals surface area contributed by atoms with Crippen LogP contribution in [0.5, 0.6) is 0 Å². The molecule has 0 aliphatic heterocycles. The summed E-state index contributed by atoms with van der Waals surface area (Å²) in [6, 6.07) is 8.94. The second-order valence-corrected chi connectivity index (χ2v) is 5.83. The van der Waals surface area contributed by atoms with E-state index >= 15 is 0 Å². The number of benzene rings is 2. The molecule has 0 bridgehead atoms. The van der Waals surface area contributed by atoms with E-state index in [9.17, 15) is 9.18 Å². The first-order valence-corrected chi connectivity index (χ1v) is 7.14. The molecule has 21 heavy (non-hydrogen) atoms. The molecule has 106 valence electrons. The number of nitrogens with two attached hydrogens (primary N) is 1. The van der Waals surface area contributed by atoms with Gasteiger partial charge in [-0.1, -0.05) is 22.9 Å². The van der Waals surface area contributed by atoms with E-state index < -0.39 is 11.7 Å². The Hall–Kier alpha value is -2.18. The van der Waals surface area contributed by atoms with Gasteiger partial charge in [0.15, 0.2) is 5.13 Å². The Balaban J connectivity index is 1.88. The third-order valence-electron chi connectivity index (χ3n) is 2.75. The van der Waals surface area contributed by atoms with Gasteiger partial charge in [0.05, 0.1) is 10.2 Å². The van der Waals surface area contributed by atoms with Crippen LogP contribution in [0.1, 0.15) is 10.4 Å². The van der Waals surface area contributed by atoms with E-state index in [1.165, 1.54) is 17.4 Å². The number of carbonyl (C=O) groups excluding carboxylic acids is 1. The summed E-state index contributed by atoms with van der Waals surface area (Å²) in [6.45, 7) is 0. The van der Waals surface area contributed by atoms with Gasteiger partial charge in [-0.05, 0) is 36.4 Å². The van der Waals surface area contributed by atoms with Crippen molar-refractivity contribution < 1.29 is 9.18 Å². The lowest BCUT2D eigenvalue weighted by molar-refractivity contribution is 0.102. The van der Waals surface area contributed by atoms with Gasteiger partial charge in [0, 0.05) is 16.3 Å². The third-order valence-corrected chi connectivity index (χ3v) is 3.92. The smallest absolute Gasteiger partial charge is 0.257 e. The molecule has 4 nitrogen and oxygen atoms in total. The third kappa shape index (κ3) is 2.96. The highest BCUT2D eigenvalue weighted by atomic mass is 35.5. The maximum Gasteiger partial charge on any atom is 0.257 e. The molecule has 2 aromatic carbocycles. The highest BCUT2D eigenvalue weighted by Crippen LogP contribution is 2.28. The maximum atomic E-state index is 13.3. The van der Waals surface area contributed by atoms with Gasteiger partial charge in [-0.25, -0.2) is 9.37 Å². The summed E-state index contributed by atoms with van der Waals surface area (Å²) < 4.78 is 14.1. The van der Waals surface area contributed by atoms with Crippen LogP contribution in [0.4, 0.5) is 15.2 Å². The van der Waals surface area contributed by atoms with Gasteiger partial charge in [0.1, 0.15) is 5.82 Å². The molecule has 0 aliphatic carbocycles. The van der Waals surface area contributed by atoms with E-state index in [0.29, 0.717) is 10.2 Å². The Kier molecular flexibility index (Phi) is 3.48. The Morgan fingerprint density at radius 2 is 2.10 bits per heavy atom. The minimum atomic E-state index is -0.559. The number of rotatable bonds is 2. The second kappa shape index (κ2) is 5.31. The summed E-state index contributed by atoms with van der Waals surface area (Å²) in [5.74, 6) is -1.03. The number of aromatic nitrogens is 1. The molecule has 0 aliphatic rings. The molecule has 3 aromatic rings. The Morgan fingerprint density at radius 3 is 2.86 bits per heavy atom. The molecule has 1 aromatic heterocycles. The van der Waals surface area contributed by atoms with Gasteiger partial charge >= 0.3 is 0 Å². The van der Waals surface area contributed by atoms with Crippen molar-refractivity contribution in [2.75, 3.05) is 11.1 Å². The van der Waals surface area contributed by atoms with Gasteiger partial charge in [-0.15, -0.1) is 0 Å². The number of carbonyl (C=O) groups is 1. The average Bonchev–Trinajstić information content (AvgIpc) is 2.78. The molecule has 7 heteroatoms. The summed E-state index contributed by atoms with van der Waals surface area (Å²) in [7, 11) is 0. The van der Waals surface area contributed by atoms with Crippen molar-refractivity contribution in [3.05, 3.63) is 52.8 Å². The molecular formula is C14H9ClFN3OS. The topological polar surface area (TPSA) is 68.0 Å². The van der Waals surface area contributed by atoms with Crippen LogP contribution in [-0.4, -0.2) is 10.9 Å². The number of halogens is 2. The van der Waals surface area contributed by atoms with Crippen LogP contribution in [0, 0.1) is 5.82 Å². The van der Waals surface area contributed by atoms with Crippen LogP contribution in [-0.2, 0) is 0 Å². The van der Waals surface area contributed by atoms with E-state index in [4.69, 9.17) is 17.3 Å². The van der Waals surface area contributed by atoms with Crippen LogP contribution in [0.3, 0.4) is 0 Å². The Labute approximate surface area is 128 Å². The predicted octanol–water partition coefficient (Wildman–Crippen LogP) is 3.92. The highest BCUT2D eigenvalue weighted by molar-refractivity contribution is 7.22. The number of hydrogen-bond donors (Lipinski definition) is 2. The number of thiazole rings is 1. The molecule has 0 atom stereocenters. The summed E-state index contributed by atoms with van der Waals surface area (Å²) in [6.07, 6.45) is 0. The van der Waals surface area contributed by atoms with Crippen LogP contribution in [0.2, 0.25) is 5.02 Å². The SMILES string of the molecule is Nc1cc(F)cc(C(=O)Nc2nc3ccc(Cl)cc3s2)c1. The van der Waals surface area contributed by atoms with Crippen molar-refractivity contribution in [1.82, 2.24) is 4.98 Å². The highest BCUT2D eigenvalue weighted by Gasteiger charge is 2.11. The normalized spacial score (nSPS) is 10.8. The quantitative estimate of drug-likeness (QED) is 0.703. The summed E-state index contributed by atoms with van der Waals surface area (Å²) in [5, 5.41) is 3.64. The van der Waals surface area contributed by atoms with Gasteiger partial charge in [-0.2, -0.15) is 0 Å². The monoisotopic (exact) mass is 321 g/mol. The second-order valence-electron chi connectivity index (χ2n) is 4.36. The molecule has 0 spiro atoms. The van der Waals surface area contributed by atoms with Crippen LogP contribution < -0.4 is 11.1 Å². The van der Waals surface area contributed by atoms with E-state index in [2.05, 4.69) is 10.3 Å². The van der Waals surface area contributed by atoms with Crippen molar-refractivity contribution in [3.8, 4) is 0 Å². The molecule has 0 fully saturated rings. The minimum absolute atomic E-state index is 0.143. The summed E-state index contributed by atoms with van der Waals surface area (Å²) in [5.41, 5.74) is 6.59. The van der Waals surface area contributed by atoms with E-state index in [1.807, 2.05) is 0 Å². The lowest BCUT2D eigenvalue weighted by Crippen LogP contribution is -2.12. The molecule has 0 saturated carbocycles. The number of anilines is 2. The number of nitrogens with zero attached hydrogens (tertiary/aromatic N) is 1. The zero-order valence-corrected chi connectivity index (χ0v) is 12.1.